The van der Waals surface area contributed by atoms with Crippen LogP contribution < -0.4 is 5.32 Å². The molecule has 2 rings (SSSR count). The first-order chi connectivity index (χ1) is 9.29. The van der Waals surface area contributed by atoms with Gasteiger partial charge >= 0.3 is 0 Å². The average Bonchev–Trinajstić information content (AvgIpc) is 2.39. The summed E-state index contributed by atoms with van der Waals surface area (Å²) in [5.74, 6) is 0. The number of benzene rings is 1. The van der Waals surface area contributed by atoms with Crippen molar-refractivity contribution in [2.45, 2.75) is 52.0 Å². The lowest BCUT2D eigenvalue weighted by atomic mass is 9.85. The van der Waals surface area contributed by atoms with Crippen molar-refractivity contribution in [1.29, 1.82) is 0 Å². The topological polar surface area (TPSA) is 15.3 Å². The maximum absolute atomic E-state index is 3.43. The number of nitrogens with one attached hydrogen (secondary N) is 1. The van der Waals surface area contributed by atoms with Crippen LogP contribution in [0.4, 0.5) is 0 Å². The van der Waals surface area contributed by atoms with E-state index in [-0.39, 0.29) is 11.0 Å². The third-order valence-electron chi connectivity index (χ3n) is 4.43. The van der Waals surface area contributed by atoms with Crippen molar-refractivity contribution in [2.24, 2.45) is 0 Å². The van der Waals surface area contributed by atoms with Crippen molar-refractivity contribution in [3.8, 4) is 0 Å². The highest BCUT2D eigenvalue weighted by atomic mass is 15.2. The first-order valence-corrected chi connectivity index (χ1v) is 7.84. The Labute approximate surface area is 124 Å². The van der Waals surface area contributed by atoms with Gasteiger partial charge in [-0.25, -0.2) is 0 Å². The van der Waals surface area contributed by atoms with E-state index in [0.29, 0.717) is 0 Å². The molecule has 2 heteroatoms. The monoisotopic (exact) mass is 274 g/mol. The van der Waals surface area contributed by atoms with E-state index in [1.54, 1.807) is 0 Å². The Morgan fingerprint density at radius 3 is 2.00 bits per heavy atom. The third-order valence-corrected chi connectivity index (χ3v) is 4.43. The van der Waals surface area contributed by atoms with Crippen LogP contribution in [0.2, 0.25) is 0 Å². The van der Waals surface area contributed by atoms with Gasteiger partial charge in [-0.3, -0.25) is 4.90 Å². The van der Waals surface area contributed by atoms with Gasteiger partial charge in [0.2, 0.25) is 0 Å². The lowest BCUT2D eigenvalue weighted by Gasteiger charge is -2.41. The summed E-state index contributed by atoms with van der Waals surface area (Å²) in [7, 11) is 0. The fraction of sp³-hybridized carbons (Fsp3) is 0.667. The highest BCUT2D eigenvalue weighted by Crippen LogP contribution is 2.25. The number of piperazine rings is 1. The largest absolute Gasteiger partial charge is 0.314 e. The van der Waals surface area contributed by atoms with E-state index in [9.17, 15) is 0 Å². The van der Waals surface area contributed by atoms with Crippen LogP contribution >= 0.6 is 0 Å². The minimum atomic E-state index is 0.241. The summed E-state index contributed by atoms with van der Waals surface area (Å²) in [6, 6.07) is 9.21. The van der Waals surface area contributed by atoms with E-state index >= 15 is 0 Å². The van der Waals surface area contributed by atoms with Crippen molar-refractivity contribution < 1.29 is 0 Å². The van der Waals surface area contributed by atoms with Gasteiger partial charge in [-0.1, -0.05) is 45.0 Å². The Morgan fingerprint density at radius 1 is 0.950 bits per heavy atom. The molecule has 1 heterocycles. The summed E-state index contributed by atoms with van der Waals surface area (Å²) in [5.41, 5.74) is 3.35. The van der Waals surface area contributed by atoms with Crippen LogP contribution in [-0.4, -0.2) is 36.6 Å². The second-order valence-electron chi connectivity index (χ2n) is 7.67. The van der Waals surface area contributed by atoms with E-state index in [2.05, 4.69) is 69.1 Å². The van der Waals surface area contributed by atoms with Gasteiger partial charge in [-0.05, 0) is 36.8 Å². The van der Waals surface area contributed by atoms with Crippen LogP contribution in [0.25, 0.3) is 0 Å². The van der Waals surface area contributed by atoms with Crippen molar-refractivity contribution in [1.82, 2.24) is 10.2 Å². The first kappa shape index (κ1) is 15.5. The molecular formula is C18H30N2. The van der Waals surface area contributed by atoms with E-state index in [4.69, 9.17) is 0 Å². The summed E-state index contributed by atoms with van der Waals surface area (Å²) < 4.78 is 0. The molecule has 0 bridgehead atoms. The van der Waals surface area contributed by atoms with Crippen LogP contribution in [0.5, 0.6) is 0 Å². The molecule has 0 aliphatic carbocycles. The minimum Gasteiger partial charge on any atom is -0.314 e. The van der Waals surface area contributed by atoms with Crippen LogP contribution in [0.15, 0.2) is 24.3 Å². The Morgan fingerprint density at radius 2 is 1.50 bits per heavy atom. The summed E-state index contributed by atoms with van der Waals surface area (Å²) in [5, 5.41) is 3.43. The van der Waals surface area contributed by atoms with Gasteiger partial charge in [0.25, 0.3) is 0 Å². The molecule has 0 saturated carbocycles. The van der Waals surface area contributed by atoms with Crippen LogP contribution in [0, 0.1) is 0 Å². The van der Waals surface area contributed by atoms with Crippen molar-refractivity contribution in [3.63, 3.8) is 0 Å². The van der Waals surface area contributed by atoms with E-state index in [0.717, 1.165) is 32.6 Å². The summed E-state index contributed by atoms with van der Waals surface area (Å²) >= 11 is 0. The molecule has 0 atom stereocenters. The van der Waals surface area contributed by atoms with Crippen LogP contribution in [0.1, 0.15) is 45.7 Å². The van der Waals surface area contributed by atoms with Gasteiger partial charge in [-0.15, -0.1) is 0 Å². The Balaban J connectivity index is 2.05. The van der Waals surface area contributed by atoms with Crippen molar-refractivity contribution in [2.75, 3.05) is 26.2 Å². The summed E-state index contributed by atoms with van der Waals surface area (Å²) in [6.07, 6.45) is 1.12. The molecular weight excluding hydrogens is 244 g/mol. The molecule has 0 unspecified atom stereocenters. The van der Waals surface area contributed by atoms with E-state index < -0.39 is 0 Å². The van der Waals surface area contributed by atoms with E-state index in [1.807, 2.05) is 0 Å². The Hall–Kier alpha value is -0.860. The number of hydrogen-bond acceptors (Lipinski definition) is 2. The van der Waals surface area contributed by atoms with Crippen LogP contribution in [-0.2, 0) is 11.8 Å². The zero-order chi connectivity index (χ0) is 14.8. The number of rotatable bonds is 3. The molecule has 20 heavy (non-hydrogen) atoms. The normalized spacial score (nSPS) is 18.2. The third kappa shape index (κ3) is 3.83. The average molecular weight is 274 g/mol. The number of nitrogens with zero attached hydrogens (tertiary/aromatic N) is 1. The highest BCUT2D eigenvalue weighted by Gasteiger charge is 2.28. The highest BCUT2D eigenvalue weighted by molar-refractivity contribution is 5.28. The molecule has 0 radical (unpaired) electrons. The molecule has 1 aromatic carbocycles. The SMILES string of the molecule is CC(C)(C)c1ccc(CC(C)(C)N2CCNCC2)cc1. The lowest BCUT2D eigenvalue weighted by molar-refractivity contribution is 0.104. The molecule has 0 aromatic heterocycles. The second-order valence-corrected chi connectivity index (χ2v) is 7.67. The lowest BCUT2D eigenvalue weighted by Crippen LogP contribution is -2.54. The summed E-state index contributed by atoms with van der Waals surface area (Å²) in [4.78, 5) is 2.61. The summed E-state index contributed by atoms with van der Waals surface area (Å²) in [6.45, 7) is 16.1. The maximum atomic E-state index is 3.43. The predicted octanol–water partition coefficient (Wildman–Crippen LogP) is 3.21. The zero-order valence-corrected chi connectivity index (χ0v) is 13.8. The predicted molar refractivity (Wildman–Crippen MR) is 87.4 cm³/mol. The van der Waals surface area contributed by atoms with Crippen LogP contribution in [0.3, 0.4) is 0 Å². The van der Waals surface area contributed by atoms with Crippen molar-refractivity contribution in [3.05, 3.63) is 35.4 Å². The molecule has 1 aliphatic rings. The molecule has 112 valence electrons. The van der Waals surface area contributed by atoms with Gasteiger partial charge in [0.1, 0.15) is 0 Å². The fourth-order valence-electron chi connectivity index (χ4n) is 3.00. The molecule has 0 amide bonds. The maximum Gasteiger partial charge on any atom is 0.0194 e. The quantitative estimate of drug-likeness (QED) is 0.910. The fourth-order valence-corrected chi connectivity index (χ4v) is 3.00. The standard InChI is InChI=1S/C18H30N2/c1-17(2,3)16-8-6-15(7-9-16)14-18(4,5)20-12-10-19-11-13-20/h6-9,19H,10-14H2,1-5H3. The molecule has 1 aromatic rings. The second kappa shape index (κ2) is 5.87. The van der Waals surface area contributed by atoms with Gasteiger partial charge < -0.3 is 5.32 Å². The minimum absolute atomic E-state index is 0.241. The number of hydrogen-bond donors (Lipinski definition) is 1. The first-order valence-electron chi connectivity index (χ1n) is 7.84. The molecule has 2 nitrogen and oxygen atoms in total. The van der Waals surface area contributed by atoms with E-state index in [1.165, 1.54) is 11.1 Å². The Bertz CT molecular complexity index is 420. The van der Waals surface area contributed by atoms with Gasteiger partial charge in [-0.2, -0.15) is 0 Å². The molecule has 1 aliphatic heterocycles. The molecule has 1 fully saturated rings. The van der Waals surface area contributed by atoms with Gasteiger partial charge in [0.05, 0.1) is 0 Å². The van der Waals surface area contributed by atoms with Gasteiger partial charge in [0, 0.05) is 31.7 Å². The Kier molecular flexibility index (Phi) is 4.55. The molecule has 1 N–H and O–H groups in total. The van der Waals surface area contributed by atoms with Crippen molar-refractivity contribution >= 4 is 0 Å². The zero-order valence-electron chi connectivity index (χ0n) is 13.8. The van der Waals surface area contributed by atoms with Gasteiger partial charge in [0.15, 0.2) is 0 Å². The molecule has 0 spiro atoms. The molecule has 1 saturated heterocycles. The smallest absolute Gasteiger partial charge is 0.0194 e.